The Bertz CT molecular complexity index is 1360. The molecule has 1 aliphatic rings. The van der Waals surface area contributed by atoms with Gasteiger partial charge in [-0.15, -0.1) is 0 Å². The first kappa shape index (κ1) is 19.6. The summed E-state index contributed by atoms with van der Waals surface area (Å²) in [6, 6.07) is 4.72. The van der Waals surface area contributed by atoms with Crippen molar-refractivity contribution in [3.63, 3.8) is 0 Å². The summed E-state index contributed by atoms with van der Waals surface area (Å²) in [4.78, 5) is 33.5. The maximum absolute atomic E-state index is 12.9. The van der Waals surface area contributed by atoms with Gasteiger partial charge in [0.05, 0.1) is 22.2 Å². The SMILES string of the molecule is CS(=O)(=O)c1nc2c(c(=O)[nH]1)CN(Cc1c(N)oc3ccc(Cl)cc3c1=O)CC2. The zero-order valence-corrected chi connectivity index (χ0v) is 16.9. The lowest BCUT2D eigenvalue weighted by atomic mass is 10.1. The Morgan fingerprint density at radius 1 is 1.34 bits per heavy atom. The molecule has 0 atom stereocenters. The number of sulfone groups is 1. The van der Waals surface area contributed by atoms with Crippen LogP contribution in [0.15, 0.2) is 37.4 Å². The number of aromatic nitrogens is 2. The lowest BCUT2D eigenvalue weighted by molar-refractivity contribution is 0.239. The molecule has 11 heteroatoms. The maximum Gasteiger partial charge on any atom is 0.256 e. The van der Waals surface area contributed by atoms with Crippen LogP contribution in [0, 0.1) is 0 Å². The van der Waals surface area contributed by atoms with E-state index in [1.54, 1.807) is 12.1 Å². The summed E-state index contributed by atoms with van der Waals surface area (Å²) < 4.78 is 28.9. The summed E-state index contributed by atoms with van der Waals surface area (Å²) in [5, 5.41) is 0.397. The van der Waals surface area contributed by atoms with E-state index in [1.165, 1.54) is 6.07 Å². The largest absolute Gasteiger partial charge is 0.440 e. The Kier molecular flexibility index (Phi) is 4.72. The second-order valence-corrected chi connectivity index (χ2v) is 9.31. The number of nitrogen functional groups attached to an aromatic ring is 1. The Labute approximate surface area is 170 Å². The first-order valence-electron chi connectivity index (χ1n) is 8.68. The van der Waals surface area contributed by atoms with Gasteiger partial charge in [-0.05, 0) is 18.2 Å². The van der Waals surface area contributed by atoms with Gasteiger partial charge in [0.2, 0.25) is 15.0 Å². The molecule has 4 rings (SSSR count). The highest BCUT2D eigenvalue weighted by molar-refractivity contribution is 7.90. The second-order valence-electron chi connectivity index (χ2n) is 6.94. The normalized spacial score (nSPS) is 14.8. The van der Waals surface area contributed by atoms with Crippen LogP contribution >= 0.6 is 11.6 Å². The molecule has 0 amide bonds. The zero-order valence-electron chi connectivity index (χ0n) is 15.4. The Balaban J connectivity index is 1.68. The third kappa shape index (κ3) is 3.66. The molecule has 29 heavy (non-hydrogen) atoms. The van der Waals surface area contributed by atoms with Crippen molar-refractivity contribution in [1.29, 1.82) is 0 Å². The van der Waals surface area contributed by atoms with Crippen LogP contribution in [0.2, 0.25) is 5.02 Å². The predicted octanol–water partition coefficient (Wildman–Crippen LogP) is 1.07. The number of aromatic amines is 1. The van der Waals surface area contributed by atoms with Crippen LogP contribution < -0.4 is 16.7 Å². The van der Waals surface area contributed by atoms with Crippen molar-refractivity contribution in [2.24, 2.45) is 0 Å². The number of benzene rings is 1. The van der Waals surface area contributed by atoms with Crippen LogP contribution in [0.4, 0.5) is 5.88 Å². The number of halogens is 1. The van der Waals surface area contributed by atoms with E-state index >= 15 is 0 Å². The van der Waals surface area contributed by atoms with Gasteiger partial charge in [-0.2, -0.15) is 0 Å². The van der Waals surface area contributed by atoms with E-state index in [9.17, 15) is 18.0 Å². The molecule has 0 spiro atoms. The fourth-order valence-corrected chi connectivity index (χ4v) is 4.09. The van der Waals surface area contributed by atoms with Crippen LogP contribution in [0.1, 0.15) is 16.8 Å². The van der Waals surface area contributed by atoms with Crippen molar-refractivity contribution < 1.29 is 12.8 Å². The minimum atomic E-state index is -3.62. The van der Waals surface area contributed by atoms with Crippen LogP contribution in [-0.2, 0) is 29.3 Å². The van der Waals surface area contributed by atoms with Gasteiger partial charge in [0, 0.05) is 37.3 Å². The molecule has 1 aliphatic heterocycles. The molecule has 9 nitrogen and oxygen atoms in total. The van der Waals surface area contributed by atoms with Crippen molar-refractivity contribution in [2.45, 2.75) is 24.7 Å². The molecule has 0 saturated heterocycles. The highest BCUT2D eigenvalue weighted by Crippen LogP contribution is 2.23. The van der Waals surface area contributed by atoms with E-state index in [4.69, 9.17) is 21.8 Å². The van der Waals surface area contributed by atoms with Gasteiger partial charge in [0.1, 0.15) is 5.58 Å². The summed E-state index contributed by atoms with van der Waals surface area (Å²) in [5.41, 5.74) is 6.61. The predicted molar refractivity (Wildman–Crippen MR) is 108 cm³/mol. The van der Waals surface area contributed by atoms with Crippen molar-refractivity contribution in [2.75, 3.05) is 18.5 Å². The molecule has 0 fully saturated rings. The molecule has 0 unspecified atom stereocenters. The van der Waals surface area contributed by atoms with Gasteiger partial charge in [-0.3, -0.25) is 19.5 Å². The zero-order chi connectivity index (χ0) is 20.9. The summed E-state index contributed by atoms with van der Waals surface area (Å²) in [5.74, 6) is 0.00933. The number of fused-ring (bicyclic) bond motifs is 2. The van der Waals surface area contributed by atoms with Gasteiger partial charge in [-0.25, -0.2) is 13.4 Å². The lowest BCUT2D eigenvalue weighted by Gasteiger charge is -2.27. The number of nitrogens with one attached hydrogen (secondary N) is 1. The average Bonchev–Trinajstić information content (AvgIpc) is 2.65. The minimum Gasteiger partial charge on any atom is -0.440 e. The van der Waals surface area contributed by atoms with Crippen molar-refractivity contribution in [1.82, 2.24) is 14.9 Å². The minimum absolute atomic E-state index is 0.00933. The molecule has 0 radical (unpaired) electrons. The van der Waals surface area contributed by atoms with E-state index in [2.05, 4.69) is 9.97 Å². The molecule has 3 heterocycles. The molecule has 152 valence electrons. The van der Waals surface area contributed by atoms with Crippen molar-refractivity contribution in [3.8, 4) is 0 Å². The van der Waals surface area contributed by atoms with Gasteiger partial charge in [-0.1, -0.05) is 11.6 Å². The molecule has 0 aliphatic carbocycles. The number of nitrogens with zero attached hydrogens (tertiary/aromatic N) is 2. The summed E-state index contributed by atoms with van der Waals surface area (Å²) in [6.07, 6.45) is 1.35. The van der Waals surface area contributed by atoms with Gasteiger partial charge < -0.3 is 10.2 Å². The number of nitrogens with two attached hydrogens (primary N) is 1. The number of hydrogen-bond acceptors (Lipinski definition) is 8. The van der Waals surface area contributed by atoms with E-state index < -0.39 is 15.4 Å². The Morgan fingerprint density at radius 3 is 2.83 bits per heavy atom. The van der Waals surface area contributed by atoms with Crippen LogP contribution in [0.25, 0.3) is 11.0 Å². The Hall–Kier alpha value is -2.69. The summed E-state index contributed by atoms with van der Waals surface area (Å²) in [6.45, 7) is 0.844. The van der Waals surface area contributed by atoms with Gasteiger partial charge >= 0.3 is 0 Å². The molecule has 2 aromatic heterocycles. The molecule has 0 bridgehead atoms. The van der Waals surface area contributed by atoms with Crippen LogP contribution in [-0.4, -0.2) is 36.1 Å². The number of hydrogen-bond donors (Lipinski definition) is 2. The molecule has 0 saturated carbocycles. The van der Waals surface area contributed by atoms with E-state index in [0.717, 1.165) is 6.26 Å². The standard InChI is InChI=1S/C18H17ClN4O5S/c1-29(26,27)18-21-13-4-5-23(7-11(13)17(25)22-18)8-12-15(24)10-6-9(19)2-3-14(10)28-16(12)20/h2-3,6H,4-5,7-8,20H2,1H3,(H,21,22,25). The van der Waals surface area contributed by atoms with Gasteiger partial charge in [0.15, 0.2) is 11.3 Å². The smallest absolute Gasteiger partial charge is 0.256 e. The average molecular weight is 437 g/mol. The van der Waals surface area contributed by atoms with Crippen molar-refractivity contribution >= 4 is 38.3 Å². The Morgan fingerprint density at radius 2 is 2.10 bits per heavy atom. The first-order valence-corrected chi connectivity index (χ1v) is 11.0. The van der Waals surface area contributed by atoms with Gasteiger partial charge in [0.25, 0.3) is 5.56 Å². The fraction of sp³-hybridized carbons (Fsp3) is 0.278. The first-order chi connectivity index (χ1) is 13.6. The highest BCUT2D eigenvalue weighted by Gasteiger charge is 2.25. The molecule has 1 aromatic carbocycles. The quantitative estimate of drug-likeness (QED) is 0.581. The third-order valence-electron chi connectivity index (χ3n) is 4.84. The lowest BCUT2D eigenvalue weighted by Crippen LogP contribution is -2.37. The van der Waals surface area contributed by atoms with E-state index in [0.29, 0.717) is 40.2 Å². The number of H-pyrrole nitrogens is 1. The van der Waals surface area contributed by atoms with Crippen LogP contribution in [0.3, 0.4) is 0 Å². The van der Waals surface area contributed by atoms with E-state index in [-0.39, 0.29) is 35.1 Å². The molecule has 3 aromatic rings. The maximum atomic E-state index is 12.9. The second kappa shape index (κ2) is 6.97. The highest BCUT2D eigenvalue weighted by atomic mass is 35.5. The third-order valence-corrected chi connectivity index (χ3v) is 5.97. The molecular weight excluding hydrogens is 420 g/mol. The number of rotatable bonds is 3. The molecule has 3 N–H and O–H groups in total. The topological polar surface area (TPSA) is 139 Å². The summed E-state index contributed by atoms with van der Waals surface area (Å²) >= 11 is 5.98. The number of anilines is 1. The van der Waals surface area contributed by atoms with E-state index in [1.807, 2.05) is 4.90 Å². The van der Waals surface area contributed by atoms with Crippen molar-refractivity contribution in [3.05, 3.63) is 60.6 Å². The monoisotopic (exact) mass is 436 g/mol. The summed E-state index contributed by atoms with van der Waals surface area (Å²) in [7, 11) is -3.62. The molecular formula is C18H17ClN4O5S. The van der Waals surface area contributed by atoms with Crippen LogP contribution in [0.5, 0.6) is 0 Å². The fourth-order valence-electron chi connectivity index (χ4n) is 3.37.